The van der Waals surface area contributed by atoms with Gasteiger partial charge in [0.25, 0.3) is 5.91 Å². The van der Waals surface area contributed by atoms with Crippen LogP contribution in [-0.4, -0.2) is 28.5 Å². The lowest BCUT2D eigenvalue weighted by molar-refractivity contribution is -0.138. The van der Waals surface area contributed by atoms with Crippen molar-refractivity contribution in [2.75, 3.05) is 11.9 Å². The fourth-order valence-corrected chi connectivity index (χ4v) is 4.41. The van der Waals surface area contributed by atoms with E-state index in [1.807, 2.05) is 26.0 Å². The molecule has 202 valence electrons. The first kappa shape index (κ1) is 28.7. The first-order chi connectivity index (χ1) is 17.8. The third kappa shape index (κ3) is 7.57. The number of amides is 1. The van der Waals surface area contributed by atoms with E-state index in [4.69, 9.17) is 5.11 Å². The average molecular weight is 528 g/mol. The molecule has 1 atom stereocenters. The SMILES string of the molecule is Cc1cc(C(CC(C)C)Nc2ccc(C(=O)NCCC(=O)O)cn2)cc(C)c1-c1ccc(C(F)(F)F)cc1. The van der Waals surface area contributed by atoms with Crippen LogP contribution in [-0.2, 0) is 11.0 Å². The van der Waals surface area contributed by atoms with Crippen LogP contribution in [0.25, 0.3) is 11.1 Å². The van der Waals surface area contributed by atoms with Gasteiger partial charge in [0, 0.05) is 12.7 Å². The second-order valence-corrected chi connectivity index (χ2v) is 9.76. The van der Waals surface area contributed by atoms with Crippen molar-refractivity contribution in [3.05, 3.63) is 82.5 Å². The van der Waals surface area contributed by atoms with E-state index < -0.39 is 23.6 Å². The summed E-state index contributed by atoms with van der Waals surface area (Å²) in [5.41, 5.74) is 4.23. The summed E-state index contributed by atoms with van der Waals surface area (Å²) in [5.74, 6) is -0.437. The molecule has 1 heterocycles. The van der Waals surface area contributed by atoms with Gasteiger partial charge in [0.1, 0.15) is 5.82 Å². The van der Waals surface area contributed by atoms with Crippen LogP contribution in [0.2, 0.25) is 0 Å². The molecule has 6 nitrogen and oxygen atoms in total. The van der Waals surface area contributed by atoms with Crippen LogP contribution < -0.4 is 10.6 Å². The third-order valence-electron chi connectivity index (χ3n) is 6.14. The number of aryl methyl sites for hydroxylation is 2. The molecular weight excluding hydrogens is 495 g/mol. The number of aliphatic carboxylic acids is 1. The van der Waals surface area contributed by atoms with Gasteiger partial charge in [-0.25, -0.2) is 4.98 Å². The number of alkyl halides is 3. The van der Waals surface area contributed by atoms with Crippen LogP contribution in [0.5, 0.6) is 0 Å². The molecule has 0 saturated heterocycles. The van der Waals surface area contributed by atoms with Crippen LogP contribution in [0.1, 0.15) is 65.3 Å². The summed E-state index contributed by atoms with van der Waals surface area (Å²) in [6.07, 6.45) is -2.29. The zero-order chi connectivity index (χ0) is 28.0. The van der Waals surface area contributed by atoms with Gasteiger partial charge in [-0.3, -0.25) is 9.59 Å². The molecule has 0 aliphatic carbocycles. The molecule has 9 heteroatoms. The van der Waals surface area contributed by atoms with Crippen molar-refractivity contribution in [2.24, 2.45) is 5.92 Å². The molecule has 1 amide bonds. The van der Waals surface area contributed by atoms with Crippen molar-refractivity contribution in [1.29, 1.82) is 0 Å². The fraction of sp³-hybridized carbons (Fsp3) is 0.345. The molecule has 0 radical (unpaired) electrons. The van der Waals surface area contributed by atoms with Crippen LogP contribution in [0.4, 0.5) is 19.0 Å². The van der Waals surface area contributed by atoms with Gasteiger partial charge in [0.15, 0.2) is 0 Å². The zero-order valence-electron chi connectivity index (χ0n) is 21.8. The lowest BCUT2D eigenvalue weighted by Crippen LogP contribution is -2.26. The Labute approximate surface area is 220 Å². The number of nitrogens with one attached hydrogen (secondary N) is 2. The van der Waals surface area contributed by atoms with E-state index in [1.54, 1.807) is 12.1 Å². The summed E-state index contributed by atoms with van der Waals surface area (Å²) in [5, 5.41) is 14.7. The lowest BCUT2D eigenvalue weighted by Gasteiger charge is -2.24. The fourth-order valence-electron chi connectivity index (χ4n) is 4.41. The number of rotatable bonds is 10. The molecule has 3 rings (SSSR count). The van der Waals surface area contributed by atoms with E-state index in [0.717, 1.165) is 46.4 Å². The van der Waals surface area contributed by atoms with Crippen molar-refractivity contribution >= 4 is 17.7 Å². The standard InChI is InChI=1S/C29H32F3N3O3/c1-17(2)13-24(35-25-10-7-21(16-34-25)28(38)33-12-11-26(36)37)22-14-18(3)27(19(4)15-22)20-5-8-23(9-6-20)29(30,31)32/h5-10,14-17,24H,11-13H2,1-4H3,(H,33,38)(H,34,35)(H,36,37). The Morgan fingerprint density at radius 2 is 1.63 bits per heavy atom. The maximum Gasteiger partial charge on any atom is 0.416 e. The highest BCUT2D eigenvalue weighted by atomic mass is 19.4. The molecule has 1 unspecified atom stereocenters. The van der Waals surface area contributed by atoms with Gasteiger partial charge in [-0.2, -0.15) is 13.2 Å². The maximum atomic E-state index is 13.0. The normalized spacial score (nSPS) is 12.3. The number of carbonyl (C=O) groups excluding carboxylic acids is 1. The molecule has 0 aliphatic rings. The minimum atomic E-state index is -4.38. The van der Waals surface area contributed by atoms with E-state index in [-0.39, 0.29) is 19.0 Å². The number of carboxylic acids is 1. The number of nitrogens with zero attached hydrogens (tertiary/aromatic N) is 1. The summed E-state index contributed by atoms with van der Waals surface area (Å²) in [4.78, 5) is 27.2. The first-order valence-electron chi connectivity index (χ1n) is 12.4. The Bertz CT molecular complexity index is 1250. The second kappa shape index (κ2) is 12.1. The number of hydrogen-bond donors (Lipinski definition) is 3. The molecular formula is C29H32F3N3O3. The summed E-state index contributed by atoms with van der Waals surface area (Å²) in [7, 11) is 0. The topological polar surface area (TPSA) is 91.3 Å². The number of carbonyl (C=O) groups is 2. The van der Waals surface area contributed by atoms with Gasteiger partial charge in [-0.1, -0.05) is 38.1 Å². The molecule has 38 heavy (non-hydrogen) atoms. The van der Waals surface area contributed by atoms with E-state index in [0.29, 0.717) is 17.3 Å². The van der Waals surface area contributed by atoms with E-state index in [2.05, 4.69) is 29.5 Å². The van der Waals surface area contributed by atoms with Crippen molar-refractivity contribution in [3.63, 3.8) is 0 Å². The molecule has 3 N–H and O–H groups in total. The van der Waals surface area contributed by atoms with Crippen LogP contribution >= 0.6 is 0 Å². The average Bonchev–Trinajstić information content (AvgIpc) is 2.83. The predicted molar refractivity (Wildman–Crippen MR) is 141 cm³/mol. The Balaban J connectivity index is 1.81. The van der Waals surface area contributed by atoms with Crippen LogP contribution in [0, 0.1) is 19.8 Å². The Kier molecular flexibility index (Phi) is 9.14. The molecule has 1 aromatic heterocycles. The van der Waals surface area contributed by atoms with Crippen LogP contribution in [0.3, 0.4) is 0 Å². The number of benzene rings is 2. The molecule has 3 aromatic rings. The van der Waals surface area contributed by atoms with Crippen molar-refractivity contribution in [3.8, 4) is 11.1 Å². The second-order valence-electron chi connectivity index (χ2n) is 9.76. The highest BCUT2D eigenvalue weighted by Gasteiger charge is 2.30. The third-order valence-corrected chi connectivity index (χ3v) is 6.14. The van der Waals surface area contributed by atoms with Gasteiger partial charge in [-0.15, -0.1) is 0 Å². The van der Waals surface area contributed by atoms with Crippen molar-refractivity contribution in [2.45, 2.75) is 52.8 Å². The summed E-state index contributed by atoms with van der Waals surface area (Å²) < 4.78 is 39.0. The Hall–Kier alpha value is -3.88. The summed E-state index contributed by atoms with van der Waals surface area (Å²) >= 11 is 0. The number of carboxylic acid groups (broad SMARTS) is 1. The van der Waals surface area contributed by atoms with Crippen molar-refractivity contribution < 1.29 is 27.9 Å². The molecule has 0 fully saturated rings. The number of aromatic nitrogens is 1. The number of anilines is 1. The quantitative estimate of drug-likeness (QED) is 0.270. The van der Waals surface area contributed by atoms with Gasteiger partial charge in [-0.05, 0) is 78.3 Å². The van der Waals surface area contributed by atoms with E-state index in [1.165, 1.54) is 18.3 Å². The molecule has 0 aliphatic heterocycles. The summed E-state index contributed by atoms with van der Waals surface area (Å²) in [6, 6.07) is 12.6. The number of halogens is 3. The first-order valence-corrected chi connectivity index (χ1v) is 12.4. The molecule has 0 bridgehead atoms. The number of hydrogen-bond acceptors (Lipinski definition) is 4. The maximum absolute atomic E-state index is 13.0. The number of pyridine rings is 1. The Morgan fingerprint density at radius 1 is 1.00 bits per heavy atom. The van der Waals surface area contributed by atoms with Gasteiger partial charge in [0.05, 0.1) is 23.6 Å². The highest BCUT2D eigenvalue weighted by Crippen LogP contribution is 2.35. The highest BCUT2D eigenvalue weighted by molar-refractivity contribution is 5.94. The van der Waals surface area contributed by atoms with Gasteiger partial charge >= 0.3 is 12.1 Å². The minimum Gasteiger partial charge on any atom is -0.481 e. The predicted octanol–water partition coefficient (Wildman–Crippen LogP) is 6.79. The molecule has 2 aromatic carbocycles. The van der Waals surface area contributed by atoms with Gasteiger partial charge < -0.3 is 15.7 Å². The smallest absolute Gasteiger partial charge is 0.416 e. The van der Waals surface area contributed by atoms with Crippen LogP contribution in [0.15, 0.2) is 54.7 Å². The summed E-state index contributed by atoms with van der Waals surface area (Å²) in [6.45, 7) is 8.16. The largest absolute Gasteiger partial charge is 0.481 e. The lowest BCUT2D eigenvalue weighted by atomic mass is 9.89. The minimum absolute atomic E-state index is 0.0335. The Morgan fingerprint density at radius 3 is 2.13 bits per heavy atom. The molecule has 0 saturated carbocycles. The monoisotopic (exact) mass is 527 g/mol. The van der Waals surface area contributed by atoms with E-state index in [9.17, 15) is 22.8 Å². The zero-order valence-corrected chi connectivity index (χ0v) is 21.8. The molecule has 0 spiro atoms. The van der Waals surface area contributed by atoms with Crippen molar-refractivity contribution in [1.82, 2.24) is 10.3 Å². The van der Waals surface area contributed by atoms with E-state index >= 15 is 0 Å². The van der Waals surface area contributed by atoms with Gasteiger partial charge in [0.2, 0.25) is 0 Å².